The van der Waals surface area contributed by atoms with Gasteiger partial charge in [0.1, 0.15) is 0 Å². The number of hydrogen-bond donors (Lipinski definition) is 0. The molecule has 2 aromatic rings. The van der Waals surface area contributed by atoms with Crippen molar-refractivity contribution >= 4 is 5.52 Å². The lowest BCUT2D eigenvalue weighted by Crippen LogP contribution is -2.04. The summed E-state index contributed by atoms with van der Waals surface area (Å²) in [5, 5.41) is 0. The van der Waals surface area contributed by atoms with Crippen molar-refractivity contribution in [2.24, 2.45) is 0 Å². The Morgan fingerprint density at radius 2 is 1.85 bits per heavy atom. The number of fused-ring (bicyclic) bond motifs is 1. The van der Waals surface area contributed by atoms with Crippen LogP contribution in [0.25, 0.3) is 5.52 Å². The van der Waals surface area contributed by atoms with Crippen LogP contribution in [0.15, 0.2) is 36.7 Å². The molecular formula is C9H6F3N. The van der Waals surface area contributed by atoms with Gasteiger partial charge in [0, 0.05) is 17.9 Å². The van der Waals surface area contributed by atoms with E-state index >= 15 is 0 Å². The van der Waals surface area contributed by atoms with Crippen molar-refractivity contribution in [2.75, 3.05) is 0 Å². The van der Waals surface area contributed by atoms with Gasteiger partial charge in [-0.3, -0.25) is 0 Å². The van der Waals surface area contributed by atoms with Crippen molar-refractivity contribution in [1.82, 2.24) is 4.40 Å². The highest BCUT2D eigenvalue weighted by Gasteiger charge is 2.30. The topological polar surface area (TPSA) is 4.41 Å². The van der Waals surface area contributed by atoms with Crippen LogP contribution in [0.1, 0.15) is 5.56 Å². The highest BCUT2D eigenvalue weighted by Crippen LogP contribution is 2.29. The molecule has 2 rings (SSSR count). The third-order valence-corrected chi connectivity index (χ3v) is 1.86. The molecule has 1 nitrogen and oxygen atoms in total. The van der Waals surface area contributed by atoms with E-state index in [2.05, 4.69) is 0 Å². The SMILES string of the molecule is FC(F)(F)c1ccn2cccc2c1. The van der Waals surface area contributed by atoms with E-state index in [0.29, 0.717) is 5.52 Å². The van der Waals surface area contributed by atoms with E-state index in [-0.39, 0.29) is 0 Å². The van der Waals surface area contributed by atoms with Gasteiger partial charge in [0.15, 0.2) is 0 Å². The maximum atomic E-state index is 12.2. The minimum absolute atomic E-state index is 0.551. The highest BCUT2D eigenvalue weighted by molar-refractivity contribution is 5.49. The summed E-state index contributed by atoms with van der Waals surface area (Å²) in [5.41, 5.74) is -0.0616. The molecule has 0 amide bonds. The van der Waals surface area contributed by atoms with Crippen molar-refractivity contribution in [2.45, 2.75) is 6.18 Å². The Morgan fingerprint density at radius 1 is 1.08 bits per heavy atom. The first-order valence-corrected chi connectivity index (χ1v) is 3.71. The zero-order valence-corrected chi connectivity index (χ0v) is 6.55. The molecule has 0 aliphatic heterocycles. The Morgan fingerprint density at radius 3 is 2.54 bits per heavy atom. The number of hydrogen-bond acceptors (Lipinski definition) is 0. The van der Waals surface area contributed by atoms with Gasteiger partial charge in [-0.25, -0.2) is 0 Å². The molecular weight excluding hydrogens is 179 g/mol. The lowest BCUT2D eigenvalue weighted by Gasteiger charge is -2.06. The molecule has 0 bridgehead atoms. The molecule has 0 aliphatic carbocycles. The van der Waals surface area contributed by atoms with Gasteiger partial charge >= 0.3 is 6.18 Å². The standard InChI is InChI=1S/C9H6F3N/c10-9(11,12)7-3-5-13-4-1-2-8(13)6-7/h1-6H. The van der Waals surface area contributed by atoms with E-state index in [1.807, 2.05) is 0 Å². The molecule has 0 fully saturated rings. The molecule has 0 saturated carbocycles. The molecule has 2 heterocycles. The Hall–Kier alpha value is -1.45. The van der Waals surface area contributed by atoms with Gasteiger partial charge in [0.05, 0.1) is 5.56 Å². The molecule has 0 aliphatic rings. The number of alkyl halides is 3. The normalized spacial score (nSPS) is 12.2. The minimum atomic E-state index is -4.26. The molecule has 2 aromatic heterocycles. The summed E-state index contributed by atoms with van der Waals surface area (Å²) in [6.07, 6.45) is -1.15. The smallest absolute Gasteiger partial charge is 0.324 e. The molecule has 0 unspecified atom stereocenters. The maximum Gasteiger partial charge on any atom is 0.416 e. The van der Waals surface area contributed by atoms with Crippen LogP contribution in [0.4, 0.5) is 13.2 Å². The number of rotatable bonds is 0. The van der Waals surface area contributed by atoms with Crippen LogP contribution >= 0.6 is 0 Å². The fourth-order valence-electron chi connectivity index (χ4n) is 1.21. The molecule has 13 heavy (non-hydrogen) atoms. The van der Waals surface area contributed by atoms with Crippen LogP contribution in [0.3, 0.4) is 0 Å². The van der Waals surface area contributed by atoms with Crippen molar-refractivity contribution < 1.29 is 13.2 Å². The van der Waals surface area contributed by atoms with Gasteiger partial charge in [-0.2, -0.15) is 13.2 Å². The number of aromatic nitrogens is 1. The van der Waals surface area contributed by atoms with Crippen LogP contribution in [0, 0.1) is 0 Å². The third-order valence-electron chi connectivity index (χ3n) is 1.86. The molecule has 0 atom stereocenters. The molecule has 0 spiro atoms. The summed E-state index contributed by atoms with van der Waals surface area (Å²) in [6.45, 7) is 0. The van der Waals surface area contributed by atoms with Gasteiger partial charge in [-0.05, 0) is 24.3 Å². The monoisotopic (exact) mass is 185 g/mol. The van der Waals surface area contributed by atoms with Gasteiger partial charge in [-0.15, -0.1) is 0 Å². The summed E-state index contributed by atoms with van der Waals surface area (Å²) in [6, 6.07) is 5.53. The predicted octanol–water partition coefficient (Wildman–Crippen LogP) is 2.96. The summed E-state index contributed by atoms with van der Waals surface area (Å²) in [7, 11) is 0. The van der Waals surface area contributed by atoms with Gasteiger partial charge in [-0.1, -0.05) is 0 Å². The van der Waals surface area contributed by atoms with Crippen LogP contribution in [0.2, 0.25) is 0 Å². The Kier molecular flexibility index (Phi) is 1.58. The summed E-state index contributed by atoms with van der Waals surface area (Å²) in [4.78, 5) is 0. The molecule has 68 valence electrons. The summed E-state index contributed by atoms with van der Waals surface area (Å²) < 4.78 is 38.3. The zero-order valence-electron chi connectivity index (χ0n) is 6.55. The molecule has 4 heteroatoms. The second kappa shape index (κ2) is 2.52. The first kappa shape index (κ1) is 8.16. The zero-order chi connectivity index (χ0) is 9.47. The number of halogens is 3. The Bertz CT molecular complexity index is 428. The van der Waals surface area contributed by atoms with E-state index in [0.717, 1.165) is 12.1 Å². The Balaban J connectivity index is 2.61. The third kappa shape index (κ3) is 1.39. The van der Waals surface area contributed by atoms with Gasteiger partial charge in [0.2, 0.25) is 0 Å². The first-order valence-electron chi connectivity index (χ1n) is 3.71. The lowest BCUT2D eigenvalue weighted by molar-refractivity contribution is -0.137. The molecule has 0 radical (unpaired) electrons. The number of nitrogens with zero attached hydrogens (tertiary/aromatic N) is 1. The van der Waals surface area contributed by atoms with Crippen LogP contribution in [-0.4, -0.2) is 4.40 Å². The van der Waals surface area contributed by atoms with E-state index in [1.165, 1.54) is 6.20 Å². The average Bonchev–Trinajstić information content (AvgIpc) is 2.47. The number of pyridine rings is 1. The Labute approximate surface area is 72.4 Å². The van der Waals surface area contributed by atoms with Crippen LogP contribution < -0.4 is 0 Å². The summed E-state index contributed by atoms with van der Waals surface area (Å²) >= 11 is 0. The second-order valence-corrected chi connectivity index (χ2v) is 2.75. The largest absolute Gasteiger partial charge is 0.416 e. The van der Waals surface area contributed by atoms with Gasteiger partial charge in [0.25, 0.3) is 0 Å². The van der Waals surface area contributed by atoms with E-state index in [4.69, 9.17) is 0 Å². The molecule has 0 aromatic carbocycles. The van der Waals surface area contributed by atoms with Crippen molar-refractivity contribution in [3.63, 3.8) is 0 Å². The summed E-state index contributed by atoms with van der Waals surface area (Å²) in [5.74, 6) is 0. The quantitative estimate of drug-likeness (QED) is 0.594. The van der Waals surface area contributed by atoms with Crippen LogP contribution in [-0.2, 0) is 6.18 Å². The van der Waals surface area contributed by atoms with E-state index in [9.17, 15) is 13.2 Å². The van der Waals surface area contributed by atoms with Crippen molar-refractivity contribution in [3.05, 3.63) is 42.2 Å². The highest BCUT2D eigenvalue weighted by atomic mass is 19.4. The van der Waals surface area contributed by atoms with Crippen LogP contribution in [0.5, 0.6) is 0 Å². The predicted molar refractivity (Wildman–Crippen MR) is 42.4 cm³/mol. The maximum absolute atomic E-state index is 12.2. The fraction of sp³-hybridized carbons (Fsp3) is 0.111. The minimum Gasteiger partial charge on any atom is -0.324 e. The molecule has 0 saturated heterocycles. The second-order valence-electron chi connectivity index (χ2n) is 2.75. The van der Waals surface area contributed by atoms with Gasteiger partial charge < -0.3 is 4.40 Å². The average molecular weight is 185 g/mol. The first-order chi connectivity index (χ1) is 6.07. The van der Waals surface area contributed by atoms with E-state index in [1.54, 1.807) is 22.7 Å². The molecule has 0 N–H and O–H groups in total. The van der Waals surface area contributed by atoms with Crippen molar-refractivity contribution in [3.8, 4) is 0 Å². The lowest BCUT2D eigenvalue weighted by atomic mass is 10.2. The van der Waals surface area contributed by atoms with E-state index < -0.39 is 11.7 Å². The fourth-order valence-corrected chi connectivity index (χ4v) is 1.21. The van der Waals surface area contributed by atoms with Crippen molar-refractivity contribution in [1.29, 1.82) is 0 Å².